The molecule has 136 valence electrons. The summed E-state index contributed by atoms with van der Waals surface area (Å²) in [5.41, 5.74) is 0.242. The Kier molecular flexibility index (Phi) is 5.40. The molecule has 0 radical (unpaired) electrons. The number of hydrogen-bond donors (Lipinski definition) is 1. The van der Waals surface area contributed by atoms with Crippen molar-refractivity contribution in [2.75, 3.05) is 19.6 Å². The molecule has 3 rings (SSSR count). The van der Waals surface area contributed by atoms with Crippen molar-refractivity contribution in [1.29, 1.82) is 0 Å². The van der Waals surface area contributed by atoms with Gasteiger partial charge in [0, 0.05) is 25.6 Å². The zero-order valence-corrected chi connectivity index (χ0v) is 14.9. The van der Waals surface area contributed by atoms with Gasteiger partial charge in [-0.05, 0) is 49.8 Å². The number of nitrogens with zero attached hydrogens (tertiary/aromatic N) is 1. The highest BCUT2D eigenvalue weighted by Crippen LogP contribution is 2.45. The smallest absolute Gasteiger partial charge is 0.233 e. The van der Waals surface area contributed by atoms with Crippen molar-refractivity contribution in [3.05, 3.63) is 35.6 Å². The Bertz CT molecular complexity index is 634. The molecule has 0 spiro atoms. The molecule has 0 aromatic heterocycles. The molecule has 25 heavy (non-hydrogen) atoms. The van der Waals surface area contributed by atoms with Crippen molar-refractivity contribution < 1.29 is 14.0 Å². The van der Waals surface area contributed by atoms with Crippen LogP contribution < -0.4 is 5.32 Å². The number of rotatable bonds is 5. The summed E-state index contributed by atoms with van der Waals surface area (Å²) in [6, 6.07) is 6.47. The first kappa shape index (κ1) is 17.9. The molecule has 0 bridgehead atoms. The van der Waals surface area contributed by atoms with Gasteiger partial charge in [-0.1, -0.05) is 25.5 Å². The van der Waals surface area contributed by atoms with E-state index in [2.05, 4.69) is 5.32 Å². The van der Waals surface area contributed by atoms with Crippen molar-refractivity contribution >= 4 is 11.8 Å². The van der Waals surface area contributed by atoms with Gasteiger partial charge in [0.2, 0.25) is 11.8 Å². The molecule has 2 aliphatic rings. The van der Waals surface area contributed by atoms with Crippen molar-refractivity contribution in [3.63, 3.8) is 0 Å². The minimum absolute atomic E-state index is 0.00195. The average Bonchev–Trinajstić information content (AvgIpc) is 2.59. The quantitative estimate of drug-likeness (QED) is 0.891. The van der Waals surface area contributed by atoms with E-state index in [0.29, 0.717) is 32.5 Å². The molecule has 4 nitrogen and oxygen atoms in total. The summed E-state index contributed by atoms with van der Waals surface area (Å²) in [6.45, 7) is 3.97. The van der Waals surface area contributed by atoms with Gasteiger partial charge in [0.1, 0.15) is 5.82 Å². The number of nitrogens with one attached hydrogen (secondary N) is 1. The zero-order valence-electron chi connectivity index (χ0n) is 14.9. The summed E-state index contributed by atoms with van der Waals surface area (Å²) in [5, 5.41) is 2.95. The molecule has 1 aromatic carbocycles. The highest BCUT2D eigenvalue weighted by atomic mass is 19.1. The van der Waals surface area contributed by atoms with Gasteiger partial charge in [-0.3, -0.25) is 9.59 Å². The second-order valence-corrected chi connectivity index (χ2v) is 7.30. The standard InChI is InChI=1S/C20H27FN2O2/c1-2-11-22-18(24)15-7-12-23(13-8-15)19(25)20(9-4-10-20)16-5-3-6-17(21)14-16/h3,5-6,14-15H,2,4,7-13H2,1H3,(H,22,24). The van der Waals surface area contributed by atoms with E-state index in [4.69, 9.17) is 0 Å². The summed E-state index contributed by atoms with van der Waals surface area (Å²) in [4.78, 5) is 27.1. The molecular formula is C20H27FN2O2. The third-order valence-electron chi connectivity index (χ3n) is 5.70. The van der Waals surface area contributed by atoms with E-state index in [1.807, 2.05) is 17.9 Å². The first-order chi connectivity index (χ1) is 12.1. The molecule has 0 unspecified atom stereocenters. The molecule has 5 heteroatoms. The molecule has 1 aromatic rings. The van der Waals surface area contributed by atoms with Crippen LogP contribution in [0.3, 0.4) is 0 Å². The number of hydrogen-bond acceptors (Lipinski definition) is 2. The summed E-state index contributed by atoms with van der Waals surface area (Å²) in [7, 11) is 0. The first-order valence-electron chi connectivity index (χ1n) is 9.40. The largest absolute Gasteiger partial charge is 0.356 e. The number of piperidine rings is 1. The number of carbonyl (C=O) groups excluding carboxylic acids is 2. The molecule has 1 saturated carbocycles. The van der Waals surface area contributed by atoms with E-state index in [1.165, 1.54) is 12.1 Å². The van der Waals surface area contributed by atoms with E-state index in [0.717, 1.165) is 31.2 Å². The molecule has 2 amide bonds. The lowest BCUT2D eigenvalue weighted by Crippen LogP contribution is -2.53. The normalized spacial score (nSPS) is 20.0. The molecular weight excluding hydrogens is 319 g/mol. The van der Waals surface area contributed by atoms with E-state index >= 15 is 0 Å². The predicted octanol–water partition coefficient (Wildman–Crippen LogP) is 3.01. The number of carbonyl (C=O) groups is 2. The summed E-state index contributed by atoms with van der Waals surface area (Å²) >= 11 is 0. The highest BCUT2D eigenvalue weighted by Gasteiger charge is 2.48. The van der Waals surface area contributed by atoms with Crippen LogP contribution in [0.1, 0.15) is 51.0 Å². The maximum atomic E-state index is 13.6. The van der Waals surface area contributed by atoms with Gasteiger partial charge in [-0.2, -0.15) is 0 Å². The molecule has 1 aliphatic heterocycles. The molecule has 1 aliphatic carbocycles. The molecule has 1 saturated heterocycles. The van der Waals surface area contributed by atoms with Crippen molar-refractivity contribution in [2.45, 2.75) is 50.9 Å². The topological polar surface area (TPSA) is 49.4 Å². The van der Waals surface area contributed by atoms with Gasteiger partial charge in [0.15, 0.2) is 0 Å². The van der Waals surface area contributed by atoms with Crippen LogP contribution >= 0.6 is 0 Å². The van der Waals surface area contributed by atoms with Crippen LogP contribution in [-0.2, 0) is 15.0 Å². The van der Waals surface area contributed by atoms with Crippen molar-refractivity contribution in [3.8, 4) is 0 Å². The number of halogens is 1. The van der Waals surface area contributed by atoms with Gasteiger partial charge in [-0.15, -0.1) is 0 Å². The van der Waals surface area contributed by atoms with Gasteiger partial charge in [0.05, 0.1) is 5.41 Å². The van der Waals surface area contributed by atoms with Crippen molar-refractivity contribution in [1.82, 2.24) is 10.2 Å². The van der Waals surface area contributed by atoms with Crippen LogP contribution in [0.2, 0.25) is 0 Å². The molecule has 2 fully saturated rings. The first-order valence-corrected chi connectivity index (χ1v) is 9.40. The lowest BCUT2D eigenvalue weighted by atomic mass is 9.63. The Morgan fingerprint density at radius 1 is 1.28 bits per heavy atom. The van der Waals surface area contributed by atoms with Crippen LogP contribution in [-0.4, -0.2) is 36.3 Å². The Morgan fingerprint density at radius 2 is 2.00 bits per heavy atom. The number of benzene rings is 1. The van der Waals surface area contributed by atoms with Gasteiger partial charge in [-0.25, -0.2) is 4.39 Å². The SMILES string of the molecule is CCCNC(=O)C1CCN(C(=O)C2(c3cccc(F)c3)CCC2)CC1. The molecule has 0 atom stereocenters. The van der Waals surface area contributed by atoms with Crippen LogP contribution in [0.15, 0.2) is 24.3 Å². The number of likely N-dealkylation sites (tertiary alicyclic amines) is 1. The Labute approximate surface area is 148 Å². The minimum Gasteiger partial charge on any atom is -0.356 e. The maximum absolute atomic E-state index is 13.6. The van der Waals surface area contributed by atoms with E-state index in [-0.39, 0.29) is 23.5 Å². The second-order valence-electron chi connectivity index (χ2n) is 7.30. The second kappa shape index (κ2) is 7.54. The predicted molar refractivity (Wildman–Crippen MR) is 94.5 cm³/mol. The molecule has 1 heterocycles. The summed E-state index contributed by atoms with van der Waals surface area (Å²) < 4.78 is 13.6. The van der Waals surface area contributed by atoms with Gasteiger partial charge < -0.3 is 10.2 Å². The number of amides is 2. The van der Waals surface area contributed by atoms with Crippen LogP contribution in [0.4, 0.5) is 4.39 Å². The van der Waals surface area contributed by atoms with Crippen molar-refractivity contribution in [2.24, 2.45) is 5.92 Å². The van der Waals surface area contributed by atoms with Crippen LogP contribution in [0, 0.1) is 11.7 Å². The third-order valence-corrected chi connectivity index (χ3v) is 5.70. The van der Waals surface area contributed by atoms with Crippen LogP contribution in [0.25, 0.3) is 0 Å². The van der Waals surface area contributed by atoms with E-state index < -0.39 is 5.41 Å². The highest BCUT2D eigenvalue weighted by molar-refractivity contribution is 5.89. The van der Waals surface area contributed by atoms with E-state index in [1.54, 1.807) is 6.07 Å². The van der Waals surface area contributed by atoms with Gasteiger partial charge >= 0.3 is 0 Å². The Balaban J connectivity index is 1.65. The maximum Gasteiger partial charge on any atom is 0.233 e. The minimum atomic E-state index is -0.556. The summed E-state index contributed by atoms with van der Waals surface area (Å²) in [5.74, 6) is -0.0702. The van der Waals surface area contributed by atoms with Crippen LogP contribution in [0.5, 0.6) is 0 Å². The monoisotopic (exact) mass is 346 g/mol. The third kappa shape index (κ3) is 3.55. The van der Waals surface area contributed by atoms with Gasteiger partial charge in [0.25, 0.3) is 0 Å². The Hall–Kier alpha value is -1.91. The fourth-order valence-corrected chi connectivity index (χ4v) is 3.98. The lowest BCUT2D eigenvalue weighted by Gasteiger charge is -2.45. The molecule has 1 N–H and O–H groups in total. The van der Waals surface area contributed by atoms with E-state index in [9.17, 15) is 14.0 Å². The lowest BCUT2D eigenvalue weighted by molar-refractivity contribution is -0.144. The fraction of sp³-hybridized carbons (Fsp3) is 0.600. The average molecular weight is 346 g/mol. The zero-order chi connectivity index (χ0) is 17.9. The Morgan fingerprint density at radius 3 is 2.56 bits per heavy atom. The fourth-order valence-electron chi connectivity index (χ4n) is 3.98. The summed E-state index contributed by atoms with van der Waals surface area (Å²) in [6.07, 6.45) is 4.91.